The van der Waals surface area contributed by atoms with Crippen LogP contribution < -0.4 is 5.32 Å². The molecule has 31 heavy (non-hydrogen) atoms. The fourth-order valence-electron chi connectivity index (χ4n) is 3.17. The number of thioether (sulfide) groups is 1. The normalized spacial score (nSPS) is 16.4. The number of nitrogens with zero attached hydrogens (tertiary/aromatic N) is 4. The highest BCUT2D eigenvalue weighted by Crippen LogP contribution is 2.35. The fourth-order valence-corrected chi connectivity index (χ4v) is 3.94. The smallest absolute Gasteiger partial charge is 0.185 e. The molecule has 0 heterocycles. The van der Waals surface area contributed by atoms with Gasteiger partial charge in [0.2, 0.25) is 0 Å². The van der Waals surface area contributed by atoms with Gasteiger partial charge in [0.05, 0.1) is 12.2 Å². The number of allylic oxidation sites excluding steroid dienone is 1. The fraction of sp³-hybridized carbons (Fsp3) is 0.478. The molecule has 0 spiro atoms. The molecule has 1 fully saturated rings. The summed E-state index contributed by atoms with van der Waals surface area (Å²) in [6.45, 7) is 10.2. The molecular formula is C23H32ClN5OS. The molecular weight excluding hydrogens is 430 g/mol. The summed E-state index contributed by atoms with van der Waals surface area (Å²) in [5.41, 5.74) is 2.24. The lowest BCUT2D eigenvalue weighted by Crippen LogP contribution is -2.42. The molecule has 2 rings (SSSR count). The molecule has 1 aromatic rings. The van der Waals surface area contributed by atoms with Crippen LogP contribution in [0.15, 0.2) is 55.5 Å². The SMILES string of the molecule is C=N/C(C)=C(/NC(C=O)=NCc1ccc(SCC)cc1)C(=NCCl)N(C)C(C)C1CC1. The van der Waals surface area contributed by atoms with E-state index in [4.69, 9.17) is 11.6 Å². The van der Waals surface area contributed by atoms with Crippen molar-refractivity contribution in [2.24, 2.45) is 20.9 Å². The van der Waals surface area contributed by atoms with Crippen molar-refractivity contribution in [3.8, 4) is 0 Å². The van der Waals surface area contributed by atoms with Gasteiger partial charge in [-0.2, -0.15) is 0 Å². The van der Waals surface area contributed by atoms with Gasteiger partial charge in [-0.25, -0.2) is 0 Å². The lowest BCUT2D eigenvalue weighted by Gasteiger charge is -2.30. The average molecular weight is 462 g/mol. The predicted octanol–water partition coefficient (Wildman–Crippen LogP) is 4.74. The minimum atomic E-state index is 0.0996. The number of amidine groups is 2. The molecule has 1 aliphatic carbocycles. The highest BCUT2D eigenvalue weighted by molar-refractivity contribution is 7.99. The van der Waals surface area contributed by atoms with Crippen LogP contribution in [-0.4, -0.2) is 54.4 Å². The highest BCUT2D eigenvalue weighted by Gasteiger charge is 2.33. The van der Waals surface area contributed by atoms with E-state index >= 15 is 0 Å². The third-order valence-corrected chi connectivity index (χ3v) is 6.33. The first-order chi connectivity index (χ1) is 14.9. The Morgan fingerprint density at radius 1 is 1.35 bits per heavy atom. The number of aliphatic imine (C=N–C) groups is 3. The van der Waals surface area contributed by atoms with Gasteiger partial charge in [0.15, 0.2) is 18.0 Å². The van der Waals surface area contributed by atoms with E-state index in [1.54, 1.807) is 11.8 Å². The maximum absolute atomic E-state index is 11.8. The Labute approximate surface area is 195 Å². The van der Waals surface area contributed by atoms with Gasteiger partial charge in [0.25, 0.3) is 0 Å². The van der Waals surface area contributed by atoms with Crippen molar-refractivity contribution < 1.29 is 4.79 Å². The summed E-state index contributed by atoms with van der Waals surface area (Å²) in [6.07, 6.45) is 3.13. The van der Waals surface area contributed by atoms with Crippen molar-refractivity contribution in [1.29, 1.82) is 0 Å². The third-order valence-electron chi connectivity index (χ3n) is 5.31. The molecule has 0 amide bonds. The molecule has 8 heteroatoms. The summed E-state index contributed by atoms with van der Waals surface area (Å²) < 4.78 is 0. The first-order valence-electron chi connectivity index (χ1n) is 10.4. The number of halogens is 1. The molecule has 168 valence electrons. The van der Waals surface area contributed by atoms with Gasteiger partial charge in [0.1, 0.15) is 11.7 Å². The Kier molecular flexibility index (Phi) is 10.3. The van der Waals surface area contributed by atoms with Gasteiger partial charge in [-0.15, -0.1) is 23.4 Å². The van der Waals surface area contributed by atoms with Gasteiger partial charge in [-0.1, -0.05) is 19.1 Å². The van der Waals surface area contributed by atoms with Crippen LogP contribution >= 0.6 is 23.4 Å². The Bertz CT molecular complexity index is 846. The largest absolute Gasteiger partial charge is 0.355 e. The number of hydrogen-bond acceptors (Lipinski definition) is 5. The van der Waals surface area contributed by atoms with Crippen LogP contribution in [0.4, 0.5) is 0 Å². The summed E-state index contributed by atoms with van der Waals surface area (Å²) in [5.74, 6) is 2.52. The molecule has 1 atom stereocenters. The quantitative estimate of drug-likeness (QED) is 0.129. The van der Waals surface area contributed by atoms with E-state index in [0.717, 1.165) is 11.3 Å². The number of hydrogen-bond donors (Lipinski definition) is 1. The predicted molar refractivity (Wildman–Crippen MR) is 134 cm³/mol. The lowest BCUT2D eigenvalue weighted by molar-refractivity contribution is -0.102. The summed E-state index contributed by atoms with van der Waals surface area (Å²) in [5, 5.41) is 3.13. The number of rotatable bonds is 11. The average Bonchev–Trinajstić information content (AvgIpc) is 3.63. The third kappa shape index (κ3) is 7.51. The van der Waals surface area contributed by atoms with E-state index < -0.39 is 0 Å². The first kappa shape index (κ1) is 25.1. The minimum absolute atomic E-state index is 0.0996. The van der Waals surface area contributed by atoms with Crippen molar-refractivity contribution in [2.45, 2.75) is 51.1 Å². The number of benzene rings is 1. The maximum atomic E-state index is 11.8. The van der Waals surface area contributed by atoms with Crippen LogP contribution in [-0.2, 0) is 11.3 Å². The van der Waals surface area contributed by atoms with E-state index in [2.05, 4.69) is 57.9 Å². The summed E-state index contributed by atoms with van der Waals surface area (Å²) in [6, 6.07) is 8.61. The number of carbonyl (C=O) groups is 1. The number of carbonyl (C=O) groups excluding carboxylic acids is 1. The summed E-state index contributed by atoms with van der Waals surface area (Å²) in [7, 11) is 1.99. The zero-order valence-electron chi connectivity index (χ0n) is 18.8. The zero-order valence-corrected chi connectivity index (χ0v) is 20.3. The van der Waals surface area contributed by atoms with E-state index in [0.29, 0.717) is 42.0 Å². The van der Waals surface area contributed by atoms with Crippen LogP contribution in [0.25, 0.3) is 0 Å². The van der Waals surface area contributed by atoms with Crippen molar-refractivity contribution in [1.82, 2.24) is 10.2 Å². The number of likely N-dealkylation sites (N-methyl/N-ethyl adjacent to an activating group) is 1. The second-order valence-electron chi connectivity index (χ2n) is 7.43. The van der Waals surface area contributed by atoms with Crippen molar-refractivity contribution in [2.75, 3.05) is 18.8 Å². The molecule has 0 aliphatic heterocycles. The van der Waals surface area contributed by atoms with Gasteiger partial charge in [-0.05, 0) is 62.8 Å². The molecule has 6 nitrogen and oxygen atoms in total. The van der Waals surface area contributed by atoms with Crippen molar-refractivity contribution >= 4 is 48.0 Å². The number of alkyl halides is 1. The Morgan fingerprint density at radius 2 is 2.03 bits per heavy atom. The molecule has 0 bridgehead atoms. The Hall–Kier alpha value is -2.12. The monoisotopic (exact) mass is 461 g/mol. The molecule has 0 aromatic heterocycles. The molecule has 0 saturated heterocycles. The second-order valence-corrected chi connectivity index (χ2v) is 9.01. The zero-order chi connectivity index (χ0) is 22.8. The van der Waals surface area contributed by atoms with Gasteiger partial charge < -0.3 is 10.2 Å². The molecule has 1 N–H and O–H groups in total. The van der Waals surface area contributed by atoms with Gasteiger partial charge in [0, 0.05) is 18.0 Å². The second kappa shape index (κ2) is 12.7. The van der Waals surface area contributed by atoms with Crippen LogP contribution in [0.3, 0.4) is 0 Å². The van der Waals surface area contributed by atoms with Gasteiger partial charge >= 0.3 is 0 Å². The van der Waals surface area contributed by atoms with Crippen molar-refractivity contribution in [3.63, 3.8) is 0 Å². The van der Waals surface area contributed by atoms with Gasteiger partial charge in [-0.3, -0.25) is 19.8 Å². The lowest BCUT2D eigenvalue weighted by atomic mass is 10.1. The highest BCUT2D eigenvalue weighted by atomic mass is 35.5. The number of nitrogens with one attached hydrogen (secondary N) is 1. The standard InChI is InChI=1S/C23H32ClN5OS/c1-6-31-20-11-7-18(8-12-20)13-26-21(14-30)28-22(16(2)25-4)23(27-15-24)29(5)17(3)19-9-10-19/h7-8,11-12,14,17,19H,4,6,9-10,13,15H2,1-3,5H3,(H,26,28)/b22-16+,27-23?. The first-order valence-corrected chi connectivity index (χ1v) is 12.0. The van der Waals surface area contributed by atoms with Crippen molar-refractivity contribution in [3.05, 3.63) is 41.2 Å². The minimum Gasteiger partial charge on any atom is -0.355 e. The van der Waals surface area contributed by atoms with E-state index in [-0.39, 0.29) is 11.8 Å². The molecule has 1 aliphatic rings. The number of aldehydes is 1. The van der Waals surface area contributed by atoms with Crippen LogP contribution in [0.2, 0.25) is 0 Å². The van der Waals surface area contributed by atoms with Crippen LogP contribution in [0, 0.1) is 5.92 Å². The molecule has 1 saturated carbocycles. The topological polar surface area (TPSA) is 69.4 Å². The Morgan fingerprint density at radius 3 is 2.55 bits per heavy atom. The maximum Gasteiger partial charge on any atom is 0.185 e. The van der Waals surface area contributed by atoms with Crippen LogP contribution in [0.1, 0.15) is 39.2 Å². The van der Waals surface area contributed by atoms with E-state index in [1.807, 2.05) is 26.1 Å². The molecule has 0 radical (unpaired) electrons. The summed E-state index contributed by atoms with van der Waals surface area (Å²) in [4.78, 5) is 28.1. The van der Waals surface area contributed by atoms with E-state index in [9.17, 15) is 4.79 Å². The molecule has 1 aromatic carbocycles. The Balaban J connectivity index is 2.23. The van der Waals surface area contributed by atoms with Crippen LogP contribution in [0.5, 0.6) is 0 Å². The van der Waals surface area contributed by atoms with E-state index in [1.165, 1.54) is 17.7 Å². The molecule has 1 unspecified atom stereocenters. The summed E-state index contributed by atoms with van der Waals surface area (Å²) >= 11 is 7.76.